The largest absolute Gasteiger partial charge is 0.508 e. The van der Waals surface area contributed by atoms with Crippen molar-refractivity contribution < 1.29 is 9.90 Å². The van der Waals surface area contributed by atoms with Crippen LogP contribution in [0.5, 0.6) is 5.75 Å². The number of amides is 1. The quantitative estimate of drug-likeness (QED) is 0.568. The molecule has 0 unspecified atom stereocenters. The standard InChI is InChI=1S/C20H16N2O2/c23-19-8-4-7-18(13-19)20(24)22-21-14-15-9-11-17(12-10-15)16-5-2-1-3-6-16/h1-14,23H,(H,22,24)/b21-14-. The molecule has 4 heteroatoms. The van der Waals surface area contributed by atoms with Crippen molar-refractivity contribution in [2.45, 2.75) is 0 Å². The molecule has 0 bridgehead atoms. The van der Waals surface area contributed by atoms with Gasteiger partial charge in [0.25, 0.3) is 5.91 Å². The monoisotopic (exact) mass is 316 g/mol. The lowest BCUT2D eigenvalue weighted by molar-refractivity contribution is 0.0954. The van der Waals surface area contributed by atoms with Gasteiger partial charge in [-0.3, -0.25) is 4.79 Å². The van der Waals surface area contributed by atoms with Crippen molar-refractivity contribution in [2.24, 2.45) is 5.10 Å². The van der Waals surface area contributed by atoms with E-state index >= 15 is 0 Å². The summed E-state index contributed by atoms with van der Waals surface area (Å²) in [6, 6.07) is 24.1. The highest BCUT2D eigenvalue weighted by molar-refractivity contribution is 5.95. The van der Waals surface area contributed by atoms with Crippen molar-refractivity contribution in [3.05, 3.63) is 90.0 Å². The Morgan fingerprint density at radius 3 is 2.29 bits per heavy atom. The van der Waals surface area contributed by atoms with Crippen molar-refractivity contribution in [1.82, 2.24) is 5.43 Å². The Bertz CT molecular complexity index is 856. The third-order valence-corrected chi connectivity index (χ3v) is 3.51. The van der Waals surface area contributed by atoms with Gasteiger partial charge in [0.05, 0.1) is 6.21 Å². The van der Waals surface area contributed by atoms with Crippen molar-refractivity contribution >= 4 is 12.1 Å². The molecule has 3 aromatic rings. The van der Waals surface area contributed by atoms with Gasteiger partial charge in [-0.2, -0.15) is 5.10 Å². The first-order chi connectivity index (χ1) is 11.7. The minimum Gasteiger partial charge on any atom is -0.508 e. The molecule has 24 heavy (non-hydrogen) atoms. The van der Waals surface area contributed by atoms with Crippen LogP contribution in [0.2, 0.25) is 0 Å². The van der Waals surface area contributed by atoms with E-state index < -0.39 is 0 Å². The number of phenols is 1. The van der Waals surface area contributed by atoms with Crippen LogP contribution in [-0.4, -0.2) is 17.2 Å². The normalized spacial score (nSPS) is 10.7. The maximum atomic E-state index is 11.9. The minimum absolute atomic E-state index is 0.0446. The Morgan fingerprint density at radius 1 is 0.875 bits per heavy atom. The third kappa shape index (κ3) is 3.87. The molecule has 3 rings (SSSR count). The molecule has 0 aromatic heterocycles. The van der Waals surface area contributed by atoms with Crippen LogP contribution in [-0.2, 0) is 0 Å². The third-order valence-electron chi connectivity index (χ3n) is 3.51. The van der Waals surface area contributed by atoms with E-state index in [4.69, 9.17) is 0 Å². The lowest BCUT2D eigenvalue weighted by Crippen LogP contribution is -2.17. The van der Waals surface area contributed by atoms with Gasteiger partial charge in [0.15, 0.2) is 0 Å². The number of carbonyl (C=O) groups excluding carboxylic acids is 1. The zero-order valence-electron chi connectivity index (χ0n) is 12.9. The summed E-state index contributed by atoms with van der Waals surface area (Å²) in [5.41, 5.74) is 5.95. The summed E-state index contributed by atoms with van der Waals surface area (Å²) < 4.78 is 0. The fourth-order valence-corrected chi connectivity index (χ4v) is 2.27. The Hall–Kier alpha value is -3.40. The van der Waals surface area contributed by atoms with Gasteiger partial charge in [-0.05, 0) is 34.9 Å². The zero-order chi connectivity index (χ0) is 16.8. The molecule has 0 heterocycles. The SMILES string of the molecule is O=C(N/N=C\c1ccc(-c2ccccc2)cc1)c1cccc(O)c1. The van der Waals surface area contributed by atoms with E-state index in [1.807, 2.05) is 42.5 Å². The Kier molecular flexibility index (Phi) is 4.68. The van der Waals surface area contributed by atoms with Gasteiger partial charge >= 0.3 is 0 Å². The molecule has 0 spiro atoms. The van der Waals surface area contributed by atoms with Crippen LogP contribution in [0.3, 0.4) is 0 Å². The summed E-state index contributed by atoms with van der Waals surface area (Å²) in [6.07, 6.45) is 1.58. The molecule has 0 aliphatic rings. The van der Waals surface area contributed by atoms with Gasteiger partial charge in [-0.15, -0.1) is 0 Å². The number of nitrogens with one attached hydrogen (secondary N) is 1. The van der Waals surface area contributed by atoms with E-state index in [-0.39, 0.29) is 11.7 Å². The molecule has 0 saturated carbocycles. The van der Waals surface area contributed by atoms with Gasteiger partial charge < -0.3 is 5.11 Å². The number of carbonyl (C=O) groups is 1. The minimum atomic E-state index is -0.372. The predicted octanol–water partition coefficient (Wildman–Crippen LogP) is 3.82. The van der Waals surface area contributed by atoms with Crippen LogP contribution in [0, 0.1) is 0 Å². The topological polar surface area (TPSA) is 61.7 Å². The highest BCUT2D eigenvalue weighted by Crippen LogP contribution is 2.18. The van der Waals surface area contributed by atoms with Crippen molar-refractivity contribution in [3.8, 4) is 16.9 Å². The molecular formula is C20H16N2O2. The van der Waals surface area contributed by atoms with E-state index in [0.29, 0.717) is 5.56 Å². The summed E-state index contributed by atoms with van der Waals surface area (Å²) in [7, 11) is 0. The molecule has 3 aromatic carbocycles. The average molecular weight is 316 g/mol. The zero-order valence-corrected chi connectivity index (χ0v) is 12.9. The Labute approximate surface area is 140 Å². The molecule has 0 radical (unpaired) electrons. The van der Waals surface area contributed by atoms with E-state index in [2.05, 4.69) is 22.7 Å². The van der Waals surface area contributed by atoms with Crippen LogP contribution in [0.1, 0.15) is 15.9 Å². The lowest BCUT2D eigenvalue weighted by Gasteiger charge is -2.02. The summed E-state index contributed by atoms with van der Waals surface area (Å²) in [5.74, 6) is -0.328. The number of hydrogen-bond donors (Lipinski definition) is 2. The van der Waals surface area contributed by atoms with E-state index in [9.17, 15) is 9.90 Å². The number of phenolic OH excluding ortho intramolecular Hbond substituents is 1. The molecule has 0 aliphatic heterocycles. The van der Waals surface area contributed by atoms with Gasteiger partial charge in [-0.25, -0.2) is 5.43 Å². The number of nitrogens with zero attached hydrogens (tertiary/aromatic N) is 1. The second kappa shape index (κ2) is 7.24. The fraction of sp³-hybridized carbons (Fsp3) is 0. The first-order valence-electron chi connectivity index (χ1n) is 7.50. The van der Waals surface area contributed by atoms with Crippen LogP contribution in [0.4, 0.5) is 0 Å². The van der Waals surface area contributed by atoms with E-state index in [1.54, 1.807) is 18.3 Å². The number of hydrogen-bond acceptors (Lipinski definition) is 3. The maximum Gasteiger partial charge on any atom is 0.271 e. The van der Waals surface area contributed by atoms with E-state index in [0.717, 1.165) is 16.7 Å². The average Bonchev–Trinajstić information content (AvgIpc) is 2.63. The van der Waals surface area contributed by atoms with Crippen molar-refractivity contribution in [3.63, 3.8) is 0 Å². The van der Waals surface area contributed by atoms with Crippen LogP contribution in [0.15, 0.2) is 84.0 Å². The van der Waals surface area contributed by atoms with E-state index in [1.165, 1.54) is 12.1 Å². The molecule has 2 N–H and O–H groups in total. The molecule has 118 valence electrons. The van der Waals surface area contributed by atoms with Crippen LogP contribution >= 0.6 is 0 Å². The first kappa shape index (κ1) is 15.5. The molecule has 4 nitrogen and oxygen atoms in total. The Morgan fingerprint density at radius 2 is 1.58 bits per heavy atom. The highest BCUT2D eigenvalue weighted by Gasteiger charge is 2.04. The molecule has 0 fully saturated rings. The second-order valence-corrected chi connectivity index (χ2v) is 5.24. The number of aromatic hydroxyl groups is 1. The molecule has 0 atom stereocenters. The van der Waals surface area contributed by atoms with Crippen molar-refractivity contribution in [1.29, 1.82) is 0 Å². The Balaban J connectivity index is 1.64. The predicted molar refractivity (Wildman–Crippen MR) is 95.0 cm³/mol. The lowest BCUT2D eigenvalue weighted by atomic mass is 10.0. The van der Waals surface area contributed by atoms with Gasteiger partial charge in [0, 0.05) is 5.56 Å². The van der Waals surface area contributed by atoms with Gasteiger partial charge in [0.2, 0.25) is 0 Å². The molecule has 0 aliphatic carbocycles. The molecule has 0 saturated heterocycles. The number of hydrazone groups is 1. The summed E-state index contributed by atoms with van der Waals surface area (Å²) in [4.78, 5) is 11.9. The maximum absolute atomic E-state index is 11.9. The smallest absolute Gasteiger partial charge is 0.271 e. The highest BCUT2D eigenvalue weighted by atomic mass is 16.3. The van der Waals surface area contributed by atoms with Crippen LogP contribution < -0.4 is 5.43 Å². The number of rotatable bonds is 4. The van der Waals surface area contributed by atoms with Gasteiger partial charge in [-0.1, -0.05) is 60.7 Å². The second-order valence-electron chi connectivity index (χ2n) is 5.24. The molecular weight excluding hydrogens is 300 g/mol. The fourth-order valence-electron chi connectivity index (χ4n) is 2.27. The summed E-state index contributed by atoms with van der Waals surface area (Å²) in [6.45, 7) is 0. The molecule has 1 amide bonds. The van der Waals surface area contributed by atoms with Gasteiger partial charge in [0.1, 0.15) is 5.75 Å². The number of benzene rings is 3. The van der Waals surface area contributed by atoms with Crippen molar-refractivity contribution in [2.75, 3.05) is 0 Å². The van der Waals surface area contributed by atoms with Crippen LogP contribution in [0.25, 0.3) is 11.1 Å². The first-order valence-corrected chi connectivity index (χ1v) is 7.50. The summed E-state index contributed by atoms with van der Waals surface area (Å²) >= 11 is 0. The summed E-state index contributed by atoms with van der Waals surface area (Å²) in [5, 5.41) is 13.3.